The second kappa shape index (κ2) is 6.05. The molecule has 0 fully saturated rings. The Bertz CT molecular complexity index is 840. The summed E-state index contributed by atoms with van der Waals surface area (Å²) in [7, 11) is 0. The highest BCUT2D eigenvalue weighted by Crippen LogP contribution is 2.10. The van der Waals surface area contributed by atoms with Gasteiger partial charge in [0.05, 0.1) is 6.54 Å². The normalized spacial score (nSPS) is 11.2. The van der Waals surface area contributed by atoms with Crippen molar-refractivity contribution in [1.29, 1.82) is 0 Å². The number of rotatable bonds is 4. The average Bonchev–Trinajstić information content (AvgIpc) is 2.52. The molecule has 0 N–H and O–H groups in total. The Morgan fingerprint density at radius 3 is 2.55 bits per heavy atom. The Hall–Kier alpha value is -2.56. The summed E-state index contributed by atoms with van der Waals surface area (Å²) >= 11 is 0. The van der Waals surface area contributed by atoms with Crippen molar-refractivity contribution in [2.24, 2.45) is 5.92 Å². The fraction of sp³-hybridized carbons (Fsp3) is 0.294. The van der Waals surface area contributed by atoms with Gasteiger partial charge in [-0.05, 0) is 11.5 Å². The van der Waals surface area contributed by atoms with E-state index in [9.17, 15) is 4.79 Å². The van der Waals surface area contributed by atoms with Gasteiger partial charge in [0.2, 0.25) is 0 Å². The highest BCUT2D eigenvalue weighted by atomic mass is 16.1. The number of hydrogen-bond acceptors (Lipinski definition) is 4. The molecule has 0 aliphatic heterocycles. The fourth-order valence-electron chi connectivity index (χ4n) is 2.44. The third kappa shape index (κ3) is 2.88. The SMILES string of the molecule is CC(C)Cc1nc2nccnc2c(=O)n1Cc1ccccc1. The van der Waals surface area contributed by atoms with Crippen molar-refractivity contribution in [3.05, 3.63) is 64.5 Å². The van der Waals surface area contributed by atoms with Gasteiger partial charge >= 0.3 is 0 Å². The van der Waals surface area contributed by atoms with Crippen LogP contribution in [0.15, 0.2) is 47.5 Å². The summed E-state index contributed by atoms with van der Waals surface area (Å²) in [5.41, 5.74) is 1.69. The fourth-order valence-corrected chi connectivity index (χ4v) is 2.44. The Morgan fingerprint density at radius 2 is 1.82 bits per heavy atom. The second-order valence-electron chi connectivity index (χ2n) is 5.73. The molecular weight excluding hydrogens is 276 g/mol. The number of aromatic nitrogens is 4. The zero-order valence-electron chi connectivity index (χ0n) is 12.7. The van der Waals surface area contributed by atoms with Crippen LogP contribution in [0.3, 0.4) is 0 Å². The highest BCUT2D eigenvalue weighted by Gasteiger charge is 2.14. The summed E-state index contributed by atoms with van der Waals surface area (Å²) < 4.78 is 1.71. The first-order valence-corrected chi connectivity index (χ1v) is 7.39. The van der Waals surface area contributed by atoms with Crippen LogP contribution in [0, 0.1) is 5.92 Å². The standard InChI is InChI=1S/C17H18N4O/c1-12(2)10-14-20-16-15(18-8-9-19-16)17(22)21(14)11-13-6-4-3-5-7-13/h3-9,12H,10-11H2,1-2H3. The van der Waals surface area contributed by atoms with Gasteiger partial charge in [-0.1, -0.05) is 44.2 Å². The van der Waals surface area contributed by atoms with E-state index in [0.29, 0.717) is 23.6 Å². The first-order valence-electron chi connectivity index (χ1n) is 7.39. The van der Waals surface area contributed by atoms with E-state index in [1.807, 2.05) is 30.3 Å². The molecule has 2 aromatic heterocycles. The molecule has 1 aromatic carbocycles. The molecule has 0 amide bonds. The van der Waals surface area contributed by atoms with Crippen molar-refractivity contribution in [3.8, 4) is 0 Å². The van der Waals surface area contributed by atoms with Gasteiger partial charge in [-0.15, -0.1) is 0 Å². The molecule has 0 atom stereocenters. The molecule has 112 valence electrons. The van der Waals surface area contributed by atoms with Gasteiger partial charge in [-0.3, -0.25) is 9.36 Å². The van der Waals surface area contributed by atoms with Gasteiger partial charge in [0.1, 0.15) is 5.82 Å². The molecule has 0 unspecified atom stereocenters. The third-order valence-corrected chi connectivity index (χ3v) is 3.45. The molecule has 0 aliphatic rings. The number of hydrogen-bond donors (Lipinski definition) is 0. The minimum atomic E-state index is -0.127. The van der Waals surface area contributed by atoms with Gasteiger partial charge in [-0.2, -0.15) is 0 Å². The molecule has 0 aliphatic carbocycles. The molecule has 2 heterocycles. The van der Waals surface area contributed by atoms with Gasteiger partial charge in [-0.25, -0.2) is 15.0 Å². The van der Waals surface area contributed by atoms with Gasteiger partial charge in [0.25, 0.3) is 5.56 Å². The summed E-state index contributed by atoms with van der Waals surface area (Å²) in [6, 6.07) is 9.91. The zero-order chi connectivity index (χ0) is 15.5. The van der Waals surface area contributed by atoms with Crippen molar-refractivity contribution >= 4 is 11.2 Å². The van der Waals surface area contributed by atoms with Crippen LogP contribution in [0.2, 0.25) is 0 Å². The third-order valence-electron chi connectivity index (χ3n) is 3.45. The van der Waals surface area contributed by atoms with Crippen LogP contribution in [0.25, 0.3) is 11.2 Å². The van der Waals surface area contributed by atoms with Crippen molar-refractivity contribution in [1.82, 2.24) is 19.5 Å². The van der Waals surface area contributed by atoms with Crippen LogP contribution in [-0.4, -0.2) is 19.5 Å². The van der Waals surface area contributed by atoms with E-state index in [1.54, 1.807) is 10.8 Å². The Labute approximate surface area is 128 Å². The summed E-state index contributed by atoms with van der Waals surface area (Å²) in [6.45, 7) is 4.72. The smallest absolute Gasteiger partial charge is 0.282 e. The maximum Gasteiger partial charge on any atom is 0.282 e. The molecule has 3 aromatic rings. The number of nitrogens with zero attached hydrogens (tertiary/aromatic N) is 4. The van der Waals surface area contributed by atoms with Crippen molar-refractivity contribution < 1.29 is 0 Å². The first kappa shape index (κ1) is 14.4. The molecule has 0 radical (unpaired) electrons. The van der Waals surface area contributed by atoms with E-state index in [0.717, 1.165) is 17.8 Å². The summed E-state index contributed by atoms with van der Waals surface area (Å²) in [4.78, 5) is 25.6. The van der Waals surface area contributed by atoms with Crippen molar-refractivity contribution in [2.75, 3.05) is 0 Å². The lowest BCUT2D eigenvalue weighted by Crippen LogP contribution is -2.27. The predicted octanol–water partition coefficient (Wildman–Crippen LogP) is 2.43. The summed E-state index contributed by atoms with van der Waals surface area (Å²) in [5.74, 6) is 1.17. The van der Waals surface area contributed by atoms with Gasteiger partial charge < -0.3 is 0 Å². The van der Waals surface area contributed by atoms with E-state index >= 15 is 0 Å². The topological polar surface area (TPSA) is 60.7 Å². The Balaban J connectivity index is 2.16. The molecule has 3 rings (SSSR count). The quantitative estimate of drug-likeness (QED) is 0.741. The molecular formula is C17H18N4O. The molecule has 5 heteroatoms. The maximum atomic E-state index is 12.8. The van der Waals surface area contributed by atoms with Crippen LogP contribution in [0.1, 0.15) is 25.2 Å². The lowest BCUT2D eigenvalue weighted by Gasteiger charge is -2.14. The predicted molar refractivity (Wildman–Crippen MR) is 85.7 cm³/mol. The molecule has 0 saturated carbocycles. The van der Waals surface area contributed by atoms with E-state index in [2.05, 4.69) is 28.8 Å². The van der Waals surface area contributed by atoms with E-state index in [-0.39, 0.29) is 5.56 Å². The summed E-state index contributed by atoms with van der Waals surface area (Å²) in [6.07, 6.45) is 3.82. The van der Waals surface area contributed by atoms with Crippen LogP contribution < -0.4 is 5.56 Å². The van der Waals surface area contributed by atoms with E-state index in [4.69, 9.17) is 0 Å². The second-order valence-corrected chi connectivity index (χ2v) is 5.73. The largest absolute Gasteiger partial charge is 0.290 e. The molecule has 0 bridgehead atoms. The van der Waals surface area contributed by atoms with Crippen molar-refractivity contribution in [2.45, 2.75) is 26.8 Å². The lowest BCUT2D eigenvalue weighted by molar-refractivity contribution is 0.573. The van der Waals surface area contributed by atoms with Gasteiger partial charge in [0.15, 0.2) is 11.2 Å². The monoisotopic (exact) mass is 294 g/mol. The van der Waals surface area contributed by atoms with Crippen LogP contribution in [0.5, 0.6) is 0 Å². The molecule has 0 saturated heterocycles. The van der Waals surface area contributed by atoms with E-state index in [1.165, 1.54) is 6.20 Å². The highest BCUT2D eigenvalue weighted by molar-refractivity contribution is 5.67. The van der Waals surface area contributed by atoms with E-state index < -0.39 is 0 Å². The first-order chi connectivity index (χ1) is 10.6. The lowest BCUT2D eigenvalue weighted by atomic mass is 10.1. The minimum absolute atomic E-state index is 0.127. The molecule has 0 spiro atoms. The number of fused-ring (bicyclic) bond motifs is 1. The van der Waals surface area contributed by atoms with Crippen molar-refractivity contribution in [3.63, 3.8) is 0 Å². The van der Waals surface area contributed by atoms with Crippen LogP contribution >= 0.6 is 0 Å². The minimum Gasteiger partial charge on any atom is -0.290 e. The number of benzene rings is 1. The molecule has 22 heavy (non-hydrogen) atoms. The van der Waals surface area contributed by atoms with Crippen LogP contribution in [0.4, 0.5) is 0 Å². The Kier molecular flexibility index (Phi) is 3.96. The van der Waals surface area contributed by atoms with Gasteiger partial charge in [0, 0.05) is 18.8 Å². The molecule has 5 nitrogen and oxygen atoms in total. The maximum absolute atomic E-state index is 12.8. The average molecular weight is 294 g/mol. The Morgan fingerprint density at radius 1 is 1.09 bits per heavy atom. The zero-order valence-corrected chi connectivity index (χ0v) is 12.7. The van der Waals surface area contributed by atoms with Crippen LogP contribution in [-0.2, 0) is 13.0 Å². The summed E-state index contributed by atoms with van der Waals surface area (Å²) in [5, 5.41) is 0.